The van der Waals surface area contributed by atoms with Gasteiger partial charge >= 0.3 is 0 Å². The molecule has 0 atom stereocenters. The summed E-state index contributed by atoms with van der Waals surface area (Å²) >= 11 is 0. The van der Waals surface area contributed by atoms with Gasteiger partial charge in [-0.15, -0.1) is 0 Å². The second-order valence-corrected chi connectivity index (χ2v) is 5.63. The van der Waals surface area contributed by atoms with Crippen molar-refractivity contribution in [1.82, 2.24) is 0 Å². The van der Waals surface area contributed by atoms with Gasteiger partial charge in [-0.05, 0) is 43.5 Å². The first kappa shape index (κ1) is 13.6. The van der Waals surface area contributed by atoms with Gasteiger partial charge in [0.1, 0.15) is 5.58 Å². The maximum Gasteiger partial charge on any atom is 0.202 e. The first-order chi connectivity index (χ1) is 10.0. The fourth-order valence-corrected chi connectivity index (χ4v) is 2.60. The van der Waals surface area contributed by atoms with E-state index in [2.05, 4.69) is 18.2 Å². The molecule has 0 aliphatic heterocycles. The molecule has 0 radical (unpaired) electrons. The number of Topliss-reactive ketones (excluding diaryl/α,β-unsaturated/α-hetero) is 1. The molecule has 2 nitrogen and oxygen atoms in total. The van der Waals surface area contributed by atoms with Crippen molar-refractivity contribution in [2.45, 2.75) is 27.2 Å². The average Bonchev–Trinajstić information content (AvgIpc) is 2.88. The lowest BCUT2D eigenvalue weighted by molar-refractivity contribution is 0.0968. The summed E-state index contributed by atoms with van der Waals surface area (Å²) in [5.74, 6) is 0.472. The molecule has 0 saturated heterocycles. The van der Waals surface area contributed by atoms with E-state index in [1.807, 2.05) is 45.0 Å². The van der Waals surface area contributed by atoms with Crippen molar-refractivity contribution >= 4 is 16.8 Å². The third kappa shape index (κ3) is 2.62. The molecular formula is C19H18O2. The van der Waals surface area contributed by atoms with Gasteiger partial charge in [-0.3, -0.25) is 4.79 Å². The number of carbonyl (C=O) groups excluding carboxylic acids is 1. The maximum atomic E-state index is 12.5. The minimum Gasteiger partial charge on any atom is -0.453 e. The predicted octanol–water partition coefficient (Wildman–Crippen LogP) is 4.78. The molecule has 0 amide bonds. The number of hydrogen-bond acceptors (Lipinski definition) is 2. The zero-order valence-corrected chi connectivity index (χ0v) is 12.6. The maximum absolute atomic E-state index is 12.5. The van der Waals surface area contributed by atoms with Gasteiger partial charge in [0.2, 0.25) is 5.78 Å². The van der Waals surface area contributed by atoms with Crippen LogP contribution >= 0.6 is 0 Å². The third-order valence-electron chi connectivity index (χ3n) is 3.87. The molecule has 0 fully saturated rings. The van der Waals surface area contributed by atoms with Crippen molar-refractivity contribution in [2.75, 3.05) is 0 Å². The first-order valence-corrected chi connectivity index (χ1v) is 7.13. The standard InChI is InChI=1S/C19H18O2/c1-12-7-8-13(2)16(9-12)10-17(20)18-11-15-6-4-5-14(3)19(15)21-18/h4-9,11H,10H2,1-3H3. The molecule has 3 rings (SSSR count). The van der Waals surface area contributed by atoms with E-state index in [9.17, 15) is 4.79 Å². The monoisotopic (exact) mass is 278 g/mol. The van der Waals surface area contributed by atoms with E-state index < -0.39 is 0 Å². The van der Waals surface area contributed by atoms with Crippen LogP contribution < -0.4 is 0 Å². The van der Waals surface area contributed by atoms with Crippen LogP contribution in [-0.2, 0) is 6.42 Å². The van der Waals surface area contributed by atoms with E-state index >= 15 is 0 Å². The lowest BCUT2D eigenvalue weighted by Crippen LogP contribution is -2.03. The van der Waals surface area contributed by atoms with Gasteiger partial charge in [-0.1, -0.05) is 42.0 Å². The second-order valence-electron chi connectivity index (χ2n) is 5.63. The molecule has 2 aromatic carbocycles. The molecular weight excluding hydrogens is 260 g/mol. The predicted molar refractivity (Wildman–Crippen MR) is 84.9 cm³/mol. The van der Waals surface area contributed by atoms with Crippen molar-refractivity contribution in [3.8, 4) is 0 Å². The number of benzene rings is 2. The normalized spacial score (nSPS) is 11.0. The van der Waals surface area contributed by atoms with Gasteiger partial charge in [0.15, 0.2) is 5.76 Å². The number of carbonyl (C=O) groups is 1. The number of para-hydroxylation sites is 1. The van der Waals surface area contributed by atoms with Crippen LogP contribution in [0, 0.1) is 20.8 Å². The molecule has 0 bridgehead atoms. The Morgan fingerprint density at radius 1 is 1.00 bits per heavy atom. The summed E-state index contributed by atoms with van der Waals surface area (Å²) in [5.41, 5.74) is 5.24. The number of aryl methyl sites for hydroxylation is 3. The summed E-state index contributed by atoms with van der Waals surface area (Å²) in [6.45, 7) is 6.06. The first-order valence-electron chi connectivity index (χ1n) is 7.13. The van der Waals surface area contributed by atoms with Crippen LogP contribution in [0.1, 0.15) is 32.8 Å². The number of fused-ring (bicyclic) bond motifs is 1. The second kappa shape index (κ2) is 5.21. The number of furan rings is 1. The van der Waals surface area contributed by atoms with Crippen molar-refractivity contribution in [2.24, 2.45) is 0 Å². The van der Waals surface area contributed by atoms with Crippen molar-refractivity contribution in [3.05, 3.63) is 70.5 Å². The van der Waals surface area contributed by atoms with E-state index in [-0.39, 0.29) is 5.78 Å². The summed E-state index contributed by atoms with van der Waals surface area (Å²) < 4.78 is 5.75. The highest BCUT2D eigenvalue weighted by Gasteiger charge is 2.15. The largest absolute Gasteiger partial charge is 0.453 e. The summed E-state index contributed by atoms with van der Waals surface area (Å²) in [6.07, 6.45) is 0.381. The summed E-state index contributed by atoms with van der Waals surface area (Å²) in [5, 5.41) is 0.985. The molecule has 0 N–H and O–H groups in total. The molecule has 0 spiro atoms. The Morgan fingerprint density at radius 2 is 1.81 bits per heavy atom. The number of rotatable bonds is 3. The van der Waals surface area contributed by atoms with Gasteiger partial charge in [0.05, 0.1) is 0 Å². The SMILES string of the molecule is Cc1ccc(C)c(CC(=O)c2cc3cccc(C)c3o2)c1. The zero-order chi connectivity index (χ0) is 15.0. The van der Waals surface area contributed by atoms with Crippen LogP contribution in [0.4, 0.5) is 0 Å². The van der Waals surface area contributed by atoms with Crippen molar-refractivity contribution in [3.63, 3.8) is 0 Å². The van der Waals surface area contributed by atoms with E-state index in [0.717, 1.165) is 27.7 Å². The van der Waals surface area contributed by atoms with Gasteiger partial charge in [0.25, 0.3) is 0 Å². The fourth-order valence-electron chi connectivity index (χ4n) is 2.60. The van der Waals surface area contributed by atoms with E-state index in [1.165, 1.54) is 5.56 Å². The van der Waals surface area contributed by atoms with Crippen molar-refractivity contribution in [1.29, 1.82) is 0 Å². The molecule has 3 aromatic rings. The van der Waals surface area contributed by atoms with Gasteiger partial charge in [-0.2, -0.15) is 0 Å². The molecule has 1 heterocycles. The van der Waals surface area contributed by atoms with Crippen LogP contribution in [0.5, 0.6) is 0 Å². The summed E-state index contributed by atoms with van der Waals surface area (Å²) in [4.78, 5) is 12.5. The van der Waals surface area contributed by atoms with E-state index in [0.29, 0.717) is 12.2 Å². The average molecular weight is 278 g/mol. The lowest BCUT2D eigenvalue weighted by atomic mass is 10.00. The Balaban J connectivity index is 1.93. The van der Waals surface area contributed by atoms with Crippen molar-refractivity contribution < 1.29 is 9.21 Å². The Bertz CT molecular complexity index is 825. The van der Waals surface area contributed by atoms with Gasteiger partial charge < -0.3 is 4.42 Å². The Morgan fingerprint density at radius 3 is 2.57 bits per heavy atom. The smallest absolute Gasteiger partial charge is 0.202 e. The molecule has 0 unspecified atom stereocenters. The number of ketones is 1. The van der Waals surface area contributed by atoms with Crippen LogP contribution in [0.3, 0.4) is 0 Å². The molecule has 0 aliphatic rings. The molecule has 106 valence electrons. The summed E-state index contributed by atoms with van der Waals surface area (Å²) in [6, 6.07) is 14.0. The highest BCUT2D eigenvalue weighted by atomic mass is 16.3. The zero-order valence-electron chi connectivity index (χ0n) is 12.6. The van der Waals surface area contributed by atoms with Gasteiger partial charge in [0, 0.05) is 11.8 Å². The van der Waals surface area contributed by atoms with Crippen LogP contribution in [0.25, 0.3) is 11.0 Å². The van der Waals surface area contributed by atoms with E-state index in [4.69, 9.17) is 4.42 Å². The quantitative estimate of drug-likeness (QED) is 0.645. The Labute approximate surface area is 124 Å². The van der Waals surface area contributed by atoms with Crippen LogP contribution in [0.2, 0.25) is 0 Å². The highest BCUT2D eigenvalue weighted by molar-refractivity contribution is 5.99. The minimum atomic E-state index is 0.0271. The topological polar surface area (TPSA) is 30.2 Å². The summed E-state index contributed by atoms with van der Waals surface area (Å²) in [7, 11) is 0. The van der Waals surface area contributed by atoms with Crippen LogP contribution in [-0.4, -0.2) is 5.78 Å². The highest BCUT2D eigenvalue weighted by Crippen LogP contribution is 2.24. The molecule has 0 saturated carbocycles. The molecule has 21 heavy (non-hydrogen) atoms. The molecule has 1 aromatic heterocycles. The molecule has 2 heteroatoms. The lowest BCUT2D eigenvalue weighted by Gasteiger charge is -2.05. The Hall–Kier alpha value is -2.35. The van der Waals surface area contributed by atoms with Gasteiger partial charge in [-0.25, -0.2) is 0 Å². The molecule has 0 aliphatic carbocycles. The third-order valence-corrected chi connectivity index (χ3v) is 3.87. The number of hydrogen-bond donors (Lipinski definition) is 0. The minimum absolute atomic E-state index is 0.0271. The van der Waals surface area contributed by atoms with E-state index in [1.54, 1.807) is 0 Å². The Kier molecular flexibility index (Phi) is 3.38. The van der Waals surface area contributed by atoms with Crippen LogP contribution in [0.15, 0.2) is 46.9 Å². The fraction of sp³-hybridized carbons (Fsp3) is 0.211.